The molecule has 112 valence electrons. The molecule has 1 aromatic heterocycles. The first-order chi connectivity index (χ1) is 10.2. The third-order valence-corrected chi connectivity index (χ3v) is 3.65. The van der Waals surface area contributed by atoms with Crippen molar-refractivity contribution < 1.29 is 14.1 Å². The molecular weight excluding hydrogens is 268 g/mol. The number of carbonyl (C=O) groups excluding carboxylic acids is 1. The number of quaternary nitrogens is 1. The van der Waals surface area contributed by atoms with Crippen molar-refractivity contribution in [1.29, 1.82) is 0 Å². The molecule has 0 aliphatic heterocycles. The molecule has 0 saturated heterocycles. The van der Waals surface area contributed by atoms with Crippen LogP contribution in [0.15, 0.2) is 39.5 Å². The fraction of sp³-hybridized carbons (Fsp3) is 0.375. The predicted molar refractivity (Wildman–Crippen MR) is 81.7 cm³/mol. The normalized spacial score (nSPS) is 11.0. The first-order valence-corrected chi connectivity index (χ1v) is 7.30. The first kappa shape index (κ1) is 15.3. The molecule has 0 bridgehead atoms. The van der Waals surface area contributed by atoms with E-state index in [0.717, 1.165) is 25.0 Å². The molecule has 2 aromatic rings. The van der Waals surface area contributed by atoms with E-state index in [9.17, 15) is 9.59 Å². The lowest BCUT2D eigenvalue weighted by atomic mass is 10.2. The third-order valence-electron chi connectivity index (χ3n) is 3.65. The van der Waals surface area contributed by atoms with E-state index >= 15 is 0 Å². The van der Waals surface area contributed by atoms with E-state index in [1.165, 1.54) is 4.90 Å². The highest BCUT2D eigenvalue weighted by molar-refractivity contribution is 5.96. The van der Waals surface area contributed by atoms with Gasteiger partial charge in [-0.25, -0.2) is 4.79 Å². The van der Waals surface area contributed by atoms with Crippen molar-refractivity contribution in [2.24, 2.45) is 0 Å². The smallest absolute Gasteiger partial charge is 0.349 e. The SMILES string of the molecule is CC[NH+](CC)CCNC(=O)c1cc2ccccc2oc1=O. The highest BCUT2D eigenvalue weighted by Gasteiger charge is 2.13. The Bertz CT molecular complexity index is 675. The highest BCUT2D eigenvalue weighted by Crippen LogP contribution is 2.12. The molecule has 1 amide bonds. The number of nitrogens with one attached hydrogen (secondary N) is 2. The first-order valence-electron chi connectivity index (χ1n) is 7.30. The Hall–Kier alpha value is -2.14. The second kappa shape index (κ2) is 7.04. The molecule has 5 nitrogen and oxygen atoms in total. The summed E-state index contributed by atoms with van der Waals surface area (Å²) < 4.78 is 5.16. The number of para-hydroxylation sites is 1. The summed E-state index contributed by atoms with van der Waals surface area (Å²) in [6.07, 6.45) is 0. The fourth-order valence-electron chi connectivity index (χ4n) is 2.27. The van der Waals surface area contributed by atoms with E-state index in [2.05, 4.69) is 19.2 Å². The maximum absolute atomic E-state index is 12.1. The predicted octanol–water partition coefficient (Wildman–Crippen LogP) is 0.448. The summed E-state index contributed by atoms with van der Waals surface area (Å²) in [5.41, 5.74) is -0.0451. The molecule has 0 radical (unpaired) electrons. The largest absolute Gasteiger partial charge is 0.422 e. The molecular formula is C16H21N2O3+. The van der Waals surface area contributed by atoms with Crippen LogP contribution in [-0.4, -0.2) is 32.1 Å². The van der Waals surface area contributed by atoms with Crippen molar-refractivity contribution in [3.05, 3.63) is 46.3 Å². The minimum absolute atomic E-state index is 0.0586. The number of likely N-dealkylation sites (N-methyl/N-ethyl adjacent to an activating group) is 1. The summed E-state index contributed by atoms with van der Waals surface area (Å²) in [5, 5.41) is 3.53. The van der Waals surface area contributed by atoms with Crippen LogP contribution in [0.25, 0.3) is 11.0 Å². The van der Waals surface area contributed by atoms with Crippen molar-refractivity contribution in [2.75, 3.05) is 26.2 Å². The summed E-state index contributed by atoms with van der Waals surface area (Å²) >= 11 is 0. The lowest BCUT2D eigenvalue weighted by molar-refractivity contribution is -0.895. The topological polar surface area (TPSA) is 63.8 Å². The zero-order chi connectivity index (χ0) is 15.2. The van der Waals surface area contributed by atoms with Crippen molar-refractivity contribution >= 4 is 16.9 Å². The quantitative estimate of drug-likeness (QED) is 0.759. The molecule has 0 saturated carbocycles. The number of benzene rings is 1. The third kappa shape index (κ3) is 3.70. The van der Waals surface area contributed by atoms with Crippen LogP contribution in [0.4, 0.5) is 0 Å². The van der Waals surface area contributed by atoms with Gasteiger partial charge in [0.05, 0.1) is 26.2 Å². The number of amides is 1. The monoisotopic (exact) mass is 289 g/mol. The number of fused-ring (bicyclic) bond motifs is 1. The maximum Gasteiger partial charge on any atom is 0.349 e. The van der Waals surface area contributed by atoms with Crippen LogP contribution in [0, 0.1) is 0 Å². The Morgan fingerprint density at radius 2 is 1.95 bits per heavy atom. The number of hydrogen-bond donors (Lipinski definition) is 2. The van der Waals surface area contributed by atoms with Crippen LogP contribution >= 0.6 is 0 Å². The van der Waals surface area contributed by atoms with Crippen molar-refractivity contribution in [3.63, 3.8) is 0 Å². The van der Waals surface area contributed by atoms with Gasteiger partial charge in [-0.1, -0.05) is 18.2 Å². The van der Waals surface area contributed by atoms with Gasteiger partial charge in [-0.3, -0.25) is 4.79 Å². The van der Waals surface area contributed by atoms with Gasteiger partial charge in [0.25, 0.3) is 5.91 Å². The van der Waals surface area contributed by atoms with Crippen LogP contribution in [0.2, 0.25) is 0 Å². The Balaban J connectivity index is 2.09. The Morgan fingerprint density at radius 1 is 1.24 bits per heavy atom. The van der Waals surface area contributed by atoms with Gasteiger partial charge in [0.1, 0.15) is 11.1 Å². The van der Waals surface area contributed by atoms with E-state index in [0.29, 0.717) is 12.1 Å². The zero-order valence-corrected chi connectivity index (χ0v) is 12.4. The molecule has 21 heavy (non-hydrogen) atoms. The van der Waals surface area contributed by atoms with Gasteiger partial charge in [0, 0.05) is 5.39 Å². The molecule has 2 N–H and O–H groups in total. The number of rotatable bonds is 6. The van der Waals surface area contributed by atoms with E-state index in [1.54, 1.807) is 18.2 Å². The maximum atomic E-state index is 12.1. The lowest BCUT2D eigenvalue weighted by Gasteiger charge is -2.15. The molecule has 0 atom stereocenters. The van der Waals surface area contributed by atoms with Crippen LogP contribution < -0.4 is 15.8 Å². The fourth-order valence-corrected chi connectivity index (χ4v) is 2.27. The van der Waals surface area contributed by atoms with Gasteiger partial charge in [0.15, 0.2) is 0 Å². The Kier molecular flexibility index (Phi) is 5.11. The molecule has 2 rings (SSSR count). The van der Waals surface area contributed by atoms with Crippen molar-refractivity contribution in [3.8, 4) is 0 Å². The summed E-state index contributed by atoms with van der Waals surface area (Å²) in [4.78, 5) is 25.3. The summed E-state index contributed by atoms with van der Waals surface area (Å²) in [7, 11) is 0. The average Bonchev–Trinajstić information content (AvgIpc) is 2.50. The van der Waals surface area contributed by atoms with E-state index in [-0.39, 0.29) is 11.5 Å². The van der Waals surface area contributed by atoms with Crippen LogP contribution in [0.3, 0.4) is 0 Å². The lowest BCUT2D eigenvalue weighted by Crippen LogP contribution is -3.12. The second-order valence-corrected chi connectivity index (χ2v) is 4.95. The van der Waals surface area contributed by atoms with Gasteiger partial charge in [0.2, 0.25) is 0 Å². The summed E-state index contributed by atoms with van der Waals surface area (Å²) in [6, 6.07) is 8.74. The Labute approximate surface area is 123 Å². The molecule has 1 aromatic carbocycles. The zero-order valence-electron chi connectivity index (χ0n) is 12.4. The van der Waals surface area contributed by atoms with Gasteiger partial charge in [-0.05, 0) is 26.0 Å². The molecule has 0 spiro atoms. The molecule has 0 aliphatic rings. The average molecular weight is 289 g/mol. The van der Waals surface area contributed by atoms with Gasteiger partial charge >= 0.3 is 5.63 Å². The minimum atomic E-state index is -0.596. The van der Waals surface area contributed by atoms with Gasteiger partial charge in [-0.2, -0.15) is 0 Å². The van der Waals surface area contributed by atoms with E-state index < -0.39 is 5.63 Å². The highest BCUT2D eigenvalue weighted by atomic mass is 16.4. The molecule has 0 fully saturated rings. The molecule has 1 heterocycles. The number of carbonyl (C=O) groups is 1. The molecule has 5 heteroatoms. The van der Waals surface area contributed by atoms with Crippen molar-refractivity contribution in [1.82, 2.24) is 5.32 Å². The van der Waals surface area contributed by atoms with E-state index in [4.69, 9.17) is 4.42 Å². The van der Waals surface area contributed by atoms with Crippen LogP contribution in [0.1, 0.15) is 24.2 Å². The number of hydrogen-bond acceptors (Lipinski definition) is 3. The van der Waals surface area contributed by atoms with Gasteiger partial charge < -0.3 is 14.6 Å². The van der Waals surface area contributed by atoms with Crippen LogP contribution in [0.5, 0.6) is 0 Å². The minimum Gasteiger partial charge on any atom is -0.422 e. The van der Waals surface area contributed by atoms with Crippen LogP contribution in [-0.2, 0) is 0 Å². The second-order valence-electron chi connectivity index (χ2n) is 4.95. The molecule has 0 aliphatic carbocycles. The Morgan fingerprint density at radius 3 is 2.67 bits per heavy atom. The standard InChI is InChI=1S/C16H20N2O3/c1-3-18(4-2)10-9-17-15(19)13-11-12-7-5-6-8-14(12)21-16(13)20/h5-8,11H,3-4,9-10H2,1-2H3,(H,17,19)/p+1. The summed E-state index contributed by atoms with van der Waals surface area (Å²) in [6.45, 7) is 7.64. The summed E-state index contributed by atoms with van der Waals surface area (Å²) in [5.74, 6) is -0.374. The van der Waals surface area contributed by atoms with Crippen molar-refractivity contribution in [2.45, 2.75) is 13.8 Å². The van der Waals surface area contributed by atoms with Gasteiger partial charge in [-0.15, -0.1) is 0 Å². The molecule has 0 unspecified atom stereocenters. The van der Waals surface area contributed by atoms with E-state index in [1.807, 2.05) is 12.1 Å².